The van der Waals surface area contributed by atoms with Crippen LogP contribution in [0.5, 0.6) is 0 Å². The van der Waals surface area contributed by atoms with Crippen LogP contribution in [0.3, 0.4) is 0 Å². The number of H-pyrrole nitrogens is 1. The minimum absolute atomic E-state index is 0.677. The van der Waals surface area contributed by atoms with Crippen molar-refractivity contribution in [2.45, 2.75) is 26.2 Å². The van der Waals surface area contributed by atoms with E-state index < -0.39 is 0 Å². The number of nitrogens with two attached hydrogens (primary N) is 1. The van der Waals surface area contributed by atoms with E-state index in [2.05, 4.69) is 26.8 Å². The summed E-state index contributed by atoms with van der Waals surface area (Å²) in [6, 6.07) is 8.07. The third-order valence-electron chi connectivity index (χ3n) is 4.04. The van der Waals surface area contributed by atoms with Crippen molar-refractivity contribution >= 4 is 17.0 Å². The Morgan fingerprint density at radius 2 is 2.33 bits per heavy atom. The van der Waals surface area contributed by atoms with Crippen molar-refractivity contribution in [2.75, 3.05) is 19.6 Å². The van der Waals surface area contributed by atoms with Crippen molar-refractivity contribution in [1.82, 2.24) is 14.9 Å². The van der Waals surface area contributed by atoms with Gasteiger partial charge in [-0.1, -0.05) is 19.1 Å². The Balaban J connectivity index is 1.58. The molecule has 1 saturated heterocycles. The molecule has 0 aliphatic carbocycles. The van der Waals surface area contributed by atoms with Crippen LogP contribution in [0, 0.1) is 5.92 Å². The first-order chi connectivity index (χ1) is 10.2. The summed E-state index contributed by atoms with van der Waals surface area (Å²) in [6.45, 7) is 5.01. The second-order valence-corrected chi connectivity index (χ2v) is 5.88. The number of nitrogens with zero attached hydrogens (tertiary/aromatic N) is 3. The van der Waals surface area contributed by atoms with E-state index in [4.69, 9.17) is 5.73 Å². The highest BCUT2D eigenvalue weighted by molar-refractivity contribution is 5.78. The number of para-hydroxylation sites is 2. The summed E-state index contributed by atoms with van der Waals surface area (Å²) < 4.78 is 0. The van der Waals surface area contributed by atoms with Gasteiger partial charge in [-0.05, 0) is 30.9 Å². The number of aromatic amines is 1. The molecule has 1 aliphatic rings. The first kappa shape index (κ1) is 13.9. The molecule has 21 heavy (non-hydrogen) atoms. The van der Waals surface area contributed by atoms with Crippen molar-refractivity contribution in [3.8, 4) is 0 Å². The van der Waals surface area contributed by atoms with E-state index in [1.54, 1.807) is 0 Å². The molecule has 1 aromatic heterocycles. The molecule has 0 bridgehead atoms. The number of piperidine rings is 1. The molecule has 2 heterocycles. The second kappa shape index (κ2) is 6.16. The molecule has 0 amide bonds. The van der Waals surface area contributed by atoms with E-state index in [9.17, 15) is 0 Å². The van der Waals surface area contributed by atoms with Gasteiger partial charge in [0.2, 0.25) is 0 Å². The minimum Gasteiger partial charge on any atom is -0.370 e. The lowest BCUT2D eigenvalue weighted by Gasteiger charge is -2.31. The number of imidazole rings is 1. The van der Waals surface area contributed by atoms with Gasteiger partial charge in [-0.3, -0.25) is 4.99 Å². The van der Waals surface area contributed by atoms with Gasteiger partial charge < -0.3 is 15.6 Å². The number of nitrogens with one attached hydrogen (secondary N) is 1. The average Bonchev–Trinajstić information content (AvgIpc) is 2.89. The Hall–Kier alpha value is -2.04. The van der Waals surface area contributed by atoms with Gasteiger partial charge in [0.05, 0.1) is 11.0 Å². The molecule has 3 rings (SSSR count). The molecule has 1 aromatic carbocycles. The summed E-state index contributed by atoms with van der Waals surface area (Å²) in [7, 11) is 0. The number of benzene rings is 1. The lowest BCUT2D eigenvalue weighted by Crippen LogP contribution is -2.43. The number of likely N-dealkylation sites (tertiary alicyclic amines) is 1. The van der Waals surface area contributed by atoms with E-state index in [1.807, 2.05) is 24.3 Å². The zero-order chi connectivity index (χ0) is 14.7. The summed E-state index contributed by atoms with van der Waals surface area (Å²) in [5.74, 6) is 2.36. The van der Waals surface area contributed by atoms with Crippen LogP contribution in [0.4, 0.5) is 0 Å². The van der Waals surface area contributed by atoms with Crippen molar-refractivity contribution in [1.29, 1.82) is 0 Å². The molecule has 5 heteroatoms. The van der Waals surface area contributed by atoms with Crippen LogP contribution in [0.25, 0.3) is 11.0 Å². The highest BCUT2D eigenvalue weighted by Crippen LogP contribution is 2.15. The predicted octanol–water partition coefficient (Wildman–Crippen LogP) is 2.15. The largest absolute Gasteiger partial charge is 0.370 e. The van der Waals surface area contributed by atoms with Gasteiger partial charge in [0, 0.05) is 26.1 Å². The smallest absolute Gasteiger partial charge is 0.191 e. The molecular formula is C16H23N5. The van der Waals surface area contributed by atoms with Crippen LogP contribution >= 0.6 is 0 Å². The van der Waals surface area contributed by atoms with Gasteiger partial charge in [-0.15, -0.1) is 0 Å². The van der Waals surface area contributed by atoms with Gasteiger partial charge >= 0.3 is 0 Å². The highest BCUT2D eigenvalue weighted by atomic mass is 15.3. The number of fused-ring (bicyclic) bond motifs is 1. The number of aromatic nitrogens is 2. The molecule has 0 saturated carbocycles. The van der Waals surface area contributed by atoms with Gasteiger partial charge in [-0.25, -0.2) is 4.98 Å². The monoisotopic (exact) mass is 285 g/mol. The fourth-order valence-corrected chi connectivity index (χ4v) is 2.90. The Morgan fingerprint density at radius 3 is 3.14 bits per heavy atom. The van der Waals surface area contributed by atoms with Gasteiger partial charge in [-0.2, -0.15) is 0 Å². The zero-order valence-electron chi connectivity index (χ0n) is 12.5. The minimum atomic E-state index is 0.677. The molecule has 112 valence electrons. The molecule has 0 spiro atoms. The van der Waals surface area contributed by atoms with Crippen molar-refractivity contribution in [2.24, 2.45) is 16.6 Å². The number of aliphatic imine (C=N–C) groups is 1. The van der Waals surface area contributed by atoms with Gasteiger partial charge in [0.15, 0.2) is 5.96 Å². The fraction of sp³-hybridized carbons (Fsp3) is 0.500. The van der Waals surface area contributed by atoms with Crippen LogP contribution in [0.1, 0.15) is 25.6 Å². The van der Waals surface area contributed by atoms with E-state index in [-0.39, 0.29) is 0 Å². The number of guanidine groups is 1. The normalized spacial score (nSPS) is 20.1. The Kier molecular flexibility index (Phi) is 4.08. The summed E-state index contributed by atoms with van der Waals surface area (Å²) in [4.78, 5) is 14.6. The summed E-state index contributed by atoms with van der Waals surface area (Å²) in [5.41, 5.74) is 8.18. The number of hydrogen-bond donors (Lipinski definition) is 2. The maximum atomic E-state index is 6.10. The summed E-state index contributed by atoms with van der Waals surface area (Å²) in [5, 5.41) is 0. The van der Waals surface area contributed by atoms with Crippen LogP contribution < -0.4 is 5.73 Å². The molecule has 1 unspecified atom stereocenters. The summed E-state index contributed by atoms with van der Waals surface area (Å²) >= 11 is 0. The standard InChI is InChI=1S/C16H23N5/c1-12-5-4-10-21(11-12)16(17)18-9-8-15-19-13-6-2-3-7-14(13)20-15/h2-3,6-7,12H,4-5,8-11H2,1H3,(H2,17,18)(H,19,20). The Morgan fingerprint density at radius 1 is 1.48 bits per heavy atom. The molecule has 5 nitrogen and oxygen atoms in total. The highest BCUT2D eigenvalue weighted by Gasteiger charge is 2.17. The van der Waals surface area contributed by atoms with Gasteiger partial charge in [0.25, 0.3) is 0 Å². The SMILES string of the molecule is CC1CCCN(C(N)=NCCc2nc3ccccc3[nH]2)C1. The lowest BCUT2D eigenvalue weighted by atomic mass is 10.0. The third-order valence-corrected chi connectivity index (χ3v) is 4.04. The molecule has 0 radical (unpaired) electrons. The van der Waals surface area contributed by atoms with E-state index >= 15 is 0 Å². The Bertz CT molecular complexity index is 597. The zero-order valence-corrected chi connectivity index (χ0v) is 12.5. The van der Waals surface area contributed by atoms with Crippen molar-refractivity contribution < 1.29 is 0 Å². The lowest BCUT2D eigenvalue weighted by molar-refractivity contribution is 0.270. The van der Waals surface area contributed by atoms with E-state index in [0.717, 1.165) is 36.4 Å². The Labute approximate surface area is 125 Å². The number of rotatable bonds is 3. The molecular weight excluding hydrogens is 262 g/mol. The first-order valence-corrected chi connectivity index (χ1v) is 7.71. The maximum Gasteiger partial charge on any atom is 0.191 e. The molecule has 2 aromatic rings. The van der Waals surface area contributed by atoms with E-state index in [0.29, 0.717) is 18.4 Å². The molecule has 1 fully saturated rings. The topological polar surface area (TPSA) is 70.3 Å². The quantitative estimate of drug-likeness (QED) is 0.670. The fourth-order valence-electron chi connectivity index (χ4n) is 2.90. The average molecular weight is 285 g/mol. The van der Waals surface area contributed by atoms with Crippen LogP contribution in [0.15, 0.2) is 29.3 Å². The molecule has 1 aliphatic heterocycles. The third kappa shape index (κ3) is 3.35. The van der Waals surface area contributed by atoms with Gasteiger partial charge in [0.1, 0.15) is 5.82 Å². The number of hydrogen-bond acceptors (Lipinski definition) is 2. The first-order valence-electron chi connectivity index (χ1n) is 7.71. The second-order valence-electron chi connectivity index (χ2n) is 5.88. The van der Waals surface area contributed by atoms with E-state index in [1.165, 1.54) is 12.8 Å². The van der Waals surface area contributed by atoms with Crippen molar-refractivity contribution in [3.05, 3.63) is 30.1 Å². The predicted molar refractivity (Wildman–Crippen MR) is 86.3 cm³/mol. The summed E-state index contributed by atoms with van der Waals surface area (Å²) in [6.07, 6.45) is 3.29. The molecule has 1 atom stereocenters. The maximum absolute atomic E-state index is 6.10. The molecule has 3 N–H and O–H groups in total. The van der Waals surface area contributed by atoms with Crippen LogP contribution in [-0.2, 0) is 6.42 Å². The van der Waals surface area contributed by atoms with Crippen LogP contribution in [0.2, 0.25) is 0 Å². The van der Waals surface area contributed by atoms with Crippen molar-refractivity contribution in [3.63, 3.8) is 0 Å². The van der Waals surface area contributed by atoms with Crippen LogP contribution in [-0.4, -0.2) is 40.5 Å².